The van der Waals surface area contributed by atoms with Crippen LogP contribution in [0.3, 0.4) is 0 Å². The van der Waals surface area contributed by atoms with E-state index in [1.54, 1.807) is 0 Å². The summed E-state index contributed by atoms with van der Waals surface area (Å²) >= 11 is 0. The molecule has 1 saturated carbocycles. The highest BCUT2D eigenvalue weighted by Gasteiger charge is 2.31. The summed E-state index contributed by atoms with van der Waals surface area (Å²) in [7, 11) is 0. The molecule has 106 valence electrons. The number of nitrogens with zero attached hydrogens (tertiary/aromatic N) is 2. The molecule has 0 unspecified atom stereocenters. The van der Waals surface area contributed by atoms with Gasteiger partial charge in [-0.25, -0.2) is 0 Å². The summed E-state index contributed by atoms with van der Waals surface area (Å²) < 4.78 is 5.32. The number of hydrogen-bond donors (Lipinski definition) is 1. The van der Waals surface area contributed by atoms with Crippen molar-refractivity contribution in [3.63, 3.8) is 0 Å². The van der Waals surface area contributed by atoms with Crippen LogP contribution in [0.25, 0.3) is 0 Å². The van der Waals surface area contributed by atoms with Gasteiger partial charge >= 0.3 is 0 Å². The fourth-order valence-electron chi connectivity index (χ4n) is 2.89. The van der Waals surface area contributed by atoms with E-state index in [0.29, 0.717) is 11.4 Å². The standard InChI is InChI=1S/C13H25N3O.HI/c1-2-13(5-3-4-6-13)11-15-12(14)16-7-9-17-10-8-16;/h2-11H2,1H3,(H2,14,15);1H. The molecule has 1 aliphatic carbocycles. The van der Waals surface area contributed by atoms with Gasteiger partial charge in [0.2, 0.25) is 0 Å². The average Bonchev–Trinajstić information content (AvgIpc) is 2.86. The first-order valence-electron chi connectivity index (χ1n) is 6.88. The topological polar surface area (TPSA) is 50.8 Å². The highest BCUT2D eigenvalue weighted by Crippen LogP contribution is 2.41. The zero-order valence-corrected chi connectivity index (χ0v) is 13.7. The van der Waals surface area contributed by atoms with Crippen molar-refractivity contribution in [3.8, 4) is 0 Å². The summed E-state index contributed by atoms with van der Waals surface area (Å²) in [5.74, 6) is 0.716. The van der Waals surface area contributed by atoms with E-state index in [1.165, 1.54) is 32.1 Å². The Morgan fingerprint density at radius 3 is 2.44 bits per heavy atom. The summed E-state index contributed by atoms with van der Waals surface area (Å²) in [6, 6.07) is 0. The van der Waals surface area contributed by atoms with Crippen LogP contribution in [0.15, 0.2) is 4.99 Å². The minimum atomic E-state index is 0. The highest BCUT2D eigenvalue weighted by atomic mass is 127. The van der Waals surface area contributed by atoms with Crippen LogP contribution in [0.2, 0.25) is 0 Å². The van der Waals surface area contributed by atoms with Gasteiger partial charge in [-0.05, 0) is 24.7 Å². The van der Waals surface area contributed by atoms with E-state index >= 15 is 0 Å². The third kappa shape index (κ3) is 3.98. The SMILES string of the molecule is CCC1(CN=C(N)N2CCOCC2)CCCC1.I. The summed E-state index contributed by atoms with van der Waals surface area (Å²) in [5.41, 5.74) is 6.50. The second-order valence-corrected chi connectivity index (χ2v) is 5.33. The van der Waals surface area contributed by atoms with Gasteiger partial charge in [0.25, 0.3) is 0 Å². The molecule has 0 aromatic heterocycles. The molecule has 0 amide bonds. The third-order valence-corrected chi connectivity index (χ3v) is 4.33. The Bertz CT molecular complexity index is 271. The quantitative estimate of drug-likeness (QED) is 0.473. The maximum atomic E-state index is 6.06. The monoisotopic (exact) mass is 367 g/mol. The predicted molar refractivity (Wildman–Crippen MR) is 85.5 cm³/mol. The first-order valence-corrected chi connectivity index (χ1v) is 6.88. The number of guanidine groups is 1. The predicted octanol–water partition coefficient (Wildman–Crippen LogP) is 2.22. The van der Waals surface area contributed by atoms with E-state index in [9.17, 15) is 0 Å². The Morgan fingerprint density at radius 1 is 1.28 bits per heavy atom. The van der Waals surface area contributed by atoms with Gasteiger partial charge < -0.3 is 15.4 Å². The van der Waals surface area contributed by atoms with Crippen LogP contribution >= 0.6 is 24.0 Å². The van der Waals surface area contributed by atoms with Crippen LogP contribution in [-0.4, -0.2) is 43.7 Å². The van der Waals surface area contributed by atoms with E-state index < -0.39 is 0 Å². The second kappa shape index (κ2) is 7.53. The van der Waals surface area contributed by atoms with Crippen molar-refractivity contribution < 1.29 is 4.74 Å². The molecule has 1 aliphatic heterocycles. The number of rotatable bonds is 3. The summed E-state index contributed by atoms with van der Waals surface area (Å²) in [6.07, 6.45) is 6.60. The molecule has 0 aromatic rings. The van der Waals surface area contributed by atoms with Crippen molar-refractivity contribution in [1.82, 2.24) is 4.90 Å². The molecule has 2 rings (SSSR count). The lowest BCUT2D eigenvalue weighted by Crippen LogP contribution is -2.45. The molecule has 0 atom stereocenters. The largest absolute Gasteiger partial charge is 0.378 e. The van der Waals surface area contributed by atoms with Gasteiger partial charge in [-0.2, -0.15) is 0 Å². The molecule has 0 spiro atoms. The van der Waals surface area contributed by atoms with Crippen molar-refractivity contribution in [1.29, 1.82) is 0 Å². The molecular formula is C13H26IN3O. The Hall–Kier alpha value is -0.0400. The Labute approximate surface area is 127 Å². The van der Waals surface area contributed by atoms with Crippen molar-refractivity contribution in [3.05, 3.63) is 0 Å². The number of hydrogen-bond acceptors (Lipinski definition) is 2. The Balaban J connectivity index is 0.00000162. The highest BCUT2D eigenvalue weighted by molar-refractivity contribution is 14.0. The maximum Gasteiger partial charge on any atom is 0.191 e. The van der Waals surface area contributed by atoms with Crippen LogP contribution in [0, 0.1) is 5.41 Å². The molecule has 0 aromatic carbocycles. The summed E-state index contributed by atoms with van der Waals surface area (Å²) in [4.78, 5) is 6.78. The van der Waals surface area contributed by atoms with Gasteiger partial charge in [0.05, 0.1) is 13.2 Å². The molecule has 5 heteroatoms. The van der Waals surface area contributed by atoms with Crippen molar-refractivity contribution in [2.24, 2.45) is 16.1 Å². The minimum Gasteiger partial charge on any atom is -0.378 e. The third-order valence-electron chi connectivity index (χ3n) is 4.33. The van der Waals surface area contributed by atoms with Gasteiger partial charge in [-0.1, -0.05) is 19.8 Å². The normalized spacial score (nSPS) is 23.8. The van der Waals surface area contributed by atoms with Crippen LogP contribution in [0.5, 0.6) is 0 Å². The Kier molecular flexibility index (Phi) is 6.70. The lowest BCUT2D eigenvalue weighted by molar-refractivity contribution is 0.0673. The minimum absolute atomic E-state index is 0. The lowest BCUT2D eigenvalue weighted by atomic mass is 9.84. The van der Waals surface area contributed by atoms with Crippen molar-refractivity contribution in [2.75, 3.05) is 32.8 Å². The molecule has 4 nitrogen and oxygen atoms in total. The van der Waals surface area contributed by atoms with Gasteiger partial charge in [0, 0.05) is 19.6 Å². The molecule has 0 bridgehead atoms. The van der Waals surface area contributed by atoms with Gasteiger partial charge in [0.1, 0.15) is 0 Å². The van der Waals surface area contributed by atoms with E-state index in [-0.39, 0.29) is 24.0 Å². The zero-order chi connectivity index (χ0) is 12.1. The molecule has 0 radical (unpaired) electrons. The number of aliphatic imine (C=N–C) groups is 1. The molecule has 18 heavy (non-hydrogen) atoms. The number of halogens is 1. The summed E-state index contributed by atoms with van der Waals surface area (Å²) in [5, 5.41) is 0. The van der Waals surface area contributed by atoms with Crippen LogP contribution in [0.1, 0.15) is 39.0 Å². The first kappa shape index (κ1) is 16.0. The fraction of sp³-hybridized carbons (Fsp3) is 0.923. The smallest absolute Gasteiger partial charge is 0.191 e. The molecule has 2 aliphatic rings. The van der Waals surface area contributed by atoms with Crippen LogP contribution in [-0.2, 0) is 4.74 Å². The maximum absolute atomic E-state index is 6.06. The van der Waals surface area contributed by atoms with E-state index in [1.807, 2.05) is 0 Å². The lowest BCUT2D eigenvalue weighted by Gasteiger charge is -2.29. The first-order chi connectivity index (χ1) is 8.26. The van der Waals surface area contributed by atoms with E-state index in [2.05, 4.69) is 16.8 Å². The van der Waals surface area contributed by atoms with Gasteiger partial charge in [-0.3, -0.25) is 4.99 Å². The van der Waals surface area contributed by atoms with E-state index in [4.69, 9.17) is 10.5 Å². The summed E-state index contributed by atoms with van der Waals surface area (Å²) in [6.45, 7) is 6.51. The number of ether oxygens (including phenoxy) is 1. The number of nitrogens with two attached hydrogens (primary N) is 1. The van der Waals surface area contributed by atoms with Crippen LogP contribution < -0.4 is 5.73 Å². The fourth-order valence-corrected chi connectivity index (χ4v) is 2.89. The Morgan fingerprint density at radius 2 is 1.89 bits per heavy atom. The van der Waals surface area contributed by atoms with Crippen molar-refractivity contribution >= 4 is 29.9 Å². The van der Waals surface area contributed by atoms with Crippen molar-refractivity contribution in [2.45, 2.75) is 39.0 Å². The van der Waals surface area contributed by atoms with Crippen LogP contribution in [0.4, 0.5) is 0 Å². The van der Waals surface area contributed by atoms with Gasteiger partial charge in [0.15, 0.2) is 5.96 Å². The second-order valence-electron chi connectivity index (χ2n) is 5.33. The molecule has 2 fully saturated rings. The van der Waals surface area contributed by atoms with E-state index in [0.717, 1.165) is 32.8 Å². The molecule has 1 saturated heterocycles. The van der Waals surface area contributed by atoms with Gasteiger partial charge in [-0.15, -0.1) is 24.0 Å². The average molecular weight is 367 g/mol. The zero-order valence-electron chi connectivity index (χ0n) is 11.4. The molecule has 1 heterocycles. The number of morpholine rings is 1. The molecular weight excluding hydrogens is 341 g/mol. The molecule has 2 N–H and O–H groups in total.